The molecule has 1 unspecified atom stereocenters. The van der Waals surface area contributed by atoms with Crippen LogP contribution in [0.2, 0.25) is 0 Å². The van der Waals surface area contributed by atoms with Crippen molar-refractivity contribution in [3.8, 4) is 16.5 Å². The van der Waals surface area contributed by atoms with E-state index in [1.165, 1.54) is 11.3 Å². The number of aryl methyl sites for hydroxylation is 1. The number of aromatic nitrogens is 2. The summed E-state index contributed by atoms with van der Waals surface area (Å²) in [5.74, 6) is 1.23. The molecule has 0 spiro atoms. The van der Waals surface area contributed by atoms with Gasteiger partial charge in [-0.2, -0.15) is 4.98 Å². The van der Waals surface area contributed by atoms with Crippen molar-refractivity contribution in [2.75, 3.05) is 13.7 Å². The van der Waals surface area contributed by atoms with Gasteiger partial charge in [-0.15, -0.1) is 11.3 Å². The molecular formula is C22H23N3O5S. The van der Waals surface area contributed by atoms with Crippen LogP contribution in [0.4, 0.5) is 0 Å². The summed E-state index contributed by atoms with van der Waals surface area (Å²) in [5.41, 5.74) is 1.01. The SMILES string of the molecule is COc1ccc(C(NC(=O)COC(=O)CCc2nc(-c3cccs3)no2)C2CC2)cc1. The molecule has 9 heteroatoms. The number of amides is 1. The van der Waals surface area contributed by atoms with Crippen LogP contribution < -0.4 is 10.1 Å². The number of carbonyl (C=O) groups excluding carboxylic acids is 2. The molecule has 0 bridgehead atoms. The number of benzene rings is 1. The molecule has 2 aromatic heterocycles. The van der Waals surface area contributed by atoms with Crippen LogP contribution in [0.5, 0.6) is 5.75 Å². The Balaban J connectivity index is 1.22. The summed E-state index contributed by atoms with van der Waals surface area (Å²) < 4.78 is 15.5. The first-order valence-electron chi connectivity index (χ1n) is 10.1. The average molecular weight is 442 g/mol. The zero-order valence-electron chi connectivity index (χ0n) is 17.1. The summed E-state index contributed by atoms with van der Waals surface area (Å²) in [4.78, 5) is 29.5. The Morgan fingerprint density at radius 2 is 2.06 bits per heavy atom. The molecule has 162 valence electrons. The normalized spacial score (nSPS) is 14.1. The molecular weight excluding hydrogens is 418 g/mol. The zero-order chi connectivity index (χ0) is 21.6. The van der Waals surface area contributed by atoms with Crippen molar-refractivity contribution in [1.82, 2.24) is 15.5 Å². The summed E-state index contributed by atoms with van der Waals surface area (Å²) in [6, 6.07) is 11.3. The van der Waals surface area contributed by atoms with E-state index >= 15 is 0 Å². The lowest BCUT2D eigenvalue weighted by Crippen LogP contribution is -2.33. The van der Waals surface area contributed by atoms with E-state index in [0.717, 1.165) is 29.0 Å². The molecule has 1 fully saturated rings. The molecule has 1 aromatic carbocycles. The standard InChI is InChI=1S/C22H23N3O5S/c1-28-16-8-6-15(7-9-16)21(14-4-5-14)23-18(26)13-29-20(27)11-10-19-24-22(25-30-19)17-3-2-12-31-17/h2-3,6-9,12,14,21H,4-5,10-11,13H2,1H3,(H,23,26). The van der Waals surface area contributed by atoms with E-state index in [1.54, 1.807) is 7.11 Å². The van der Waals surface area contributed by atoms with Gasteiger partial charge in [0.05, 0.1) is 24.4 Å². The summed E-state index contributed by atoms with van der Waals surface area (Å²) >= 11 is 1.51. The third-order valence-electron chi connectivity index (χ3n) is 5.00. The molecule has 1 N–H and O–H groups in total. The van der Waals surface area contributed by atoms with E-state index < -0.39 is 5.97 Å². The molecule has 0 radical (unpaired) electrons. The highest BCUT2D eigenvalue weighted by atomic mass is 32.1. The van der Waals surface area contributed by atoms with Gasteiger partial charge in [-0.05, 0) is 47.9 Å². The quantitative estimate of drug-likeness (QED) is 0.480. The zero-order valence-corrected chi connectivity index (χ0v) is 17.9. The third-order valence-corrected chi connectivity index (χ3v) is 5.87. The number of nitrogens with zero attached hydrogens (tertiary/aromatic N) is 2. The van der Waals surface area contributed by atoms with Gasteiger partial charge in [0.15, 0.2) is 6.61 Å². The summed E-state index contributed by atoms with van der Waals surface area (Å²) in [7, 11) is 1.62. The first-order valence-corrected chi connectivity index (χ1v) is 11.0. The van der Waals surface area contributed by atoms with E-state index in [1.807, 2.05) is 41.8 Å². The van der Waals surface area contributed by atoms with Gasteiger partial charge in [0.25, 0.3) is 5.91 Å². The average Bonchev–Trinajstić information content (AvgIpc) is 3.27. The van der Waals surface area contributed by atoms with E-state index in [4.69, 9.17) is 14.0 Å². The van der Waals surface area contributed by atoms with Crippen LogP contribution in [-0.4, -0.2) is 35.7 Å². The summed E-state index contributed by atoms with van der Waals surface area (Å²) in [6.45, 7) is -0.317. The van der Waals surface area contributed by atoms with Gasteiger partial charge in [-0.3, -0.25) is 9.59 Å². The lowest BCUT2D eigenvalue weighted by Gasteiger charge is -2.19. The summed E-state index contributed by atoms with van der Waals surface area (Å²) in [6.07, 6.45) is 2.45. The van der Waals surface area contributed by atoms with E-state index in [0.29, 0.717) is 17.6 Å². The van der Waals surface area contributed by atoms with Crippen LogP contribution in [0, 0.1) is 5.92 Å². The molecule has 31 heavy (non-hydrogen) atoms. The van der Waals surface area contributed by atoms with Crippen LogP contribution >= 0.6 is 11.3 Å². The third kappa shape index (κ3) is 5.69. The predicted octanol–water partition coefficient (Wildman–Crippen LogP) is 3.55. The van der Waals surface area contributed by atoms with Gasteiger partial charge in [0.2, 0.25) is 11.7 Å². The fraction of sp³-hybridized carbons (Fsp3) is 0.364. The number of nitrogens with one attached hydrogen (secondary N) is 1. The van der Waals surface area contributed by atoms with E-state index in [9.17, 15) is 9.59 Å². The number of methoxy groups -OCH3 is 1. The van der Waals surface area contributed by atoms with E-state index in [-0.39, 0.29) is 31.4 Å². The molecule has 1 saturated carbocycles. The predicted molar refractivity (Wildman–Crippen MR) is 113 cm³/mol. The van der Waals surface area contributed by atoms with Crippen LogP contribution in [0.25, 0.3) is 10.7 Å². The van der Waals surface area contributed by atoms with E-state index in [2.05, 4.69) is 15.5 Å². The number of carbonyl (C=O) groups is 2. The fourth-order valence-electron chi connectivity index (χ4n) is 3.22. The Hall–Kier alpha value is -3.20. The van der Waals surface area contributed by atoms with Crippen molar-refractivity contribution in [3.63, 3.8) is 0 Å². The second-order valence-electron chi connectivity index (χ2n) is 7.31. The van der Waals surface area contributed by atoms with Crippen LogP contribution in [-0.2, 0) is 20.7 Å². The fourth-order valence-corrected chi connectivity index (χ4v) is 3.87. The Bertz CT molecular complexity index is 1010. The lowest BCUT2D eigenvalue weighted by atomic mass is 10.0. The molecule has 4 rings (SSSR count). The number of thiophene rings is 1. The first kappa shape index (κ1) is 21.0. The van der Waals surface area contributed by atoms with Gasteiger partial charge in [0.1, 0.15) is 5.75 Å². The molecule has 1 aliphatic rings. The highest BCUT2D eigenvalue weighted by Crippen LogP contribution is 2.41. The highest BCUT2D eigenvalue weighted by Gasteiger charge is 2.33. The lowest BCUT2D eigenvalue weighted by molar-refractivity contribution is -0.148. The smallest absolute Gasteiger partial charge is 0.306 e. The minimum absolute atomic E-state index is 0.0594. The molecule has 8 nitrogen and oxygen atoms in total. The molecule has 3 aromatic rings. The Labute approximate surface area is 183 Å². The monoisotopic (exact) mass is 441 g/mol. The van der Waals surface area contributed by atoms with Crippen LogP contribution in [0.3, 0.4) is 0 Å². The van der Waals surface area contributed by atoms with Crippen LogP contribution in [0.1, 0.15) is 36.8 Å². The van der Waals surface area contributed by atoms with Crippen molar-refractivity contribution in [2.24, 2.45) is 5.92 Å². The largest absolute Gasteiger partial charge is 0.497 e. The van der Waals surface area contributed by atoms with Crippen molar-refractivity contribution >= 4 is 23.2 Å². The first-order chi connectivity index (χ1) is 15.1. The van der Waals surface area contributed by atoms with Gasteiger partial charge in [-0.1, -0.05) is 23.4 Å². The van der Waals surface area contributed by atoms with Crippen molar-refractivity contribution in [2.45, 2.75) is 31.7 Å². The number of hydrogen-bond acceptors (Lipinski definition) is 8. The maximum atomic E-state index is 12.3. The van der Waals surface area contributed by atoms with Crippen molar-refractivity contribution < 1.29 is 23.6 Å². The molecule has 1 amide bonds. The second kappa shape index (κ2) is 9.74. The minimum Gasteiger partial charge on any atom is -0.497 e. The second-order valence-corrected chi connectivity index (χ2v) is 8.25. The Morgan fingerprint density at radius 1 is 1.26 bits per heavy atom. The van der Waals surface area contributed by atoms with Crippen molar-refractivity contribution in [1.29, 1.82) is 0 Å². The molecule has 1 atom stereocenters. The Kier molecular flexibility index (Phi) is 6.61. The van der Waals surface area contributed by atoms with Gasteiger partial charge >= 0.3 is 5.97 Å². The summed E-state index contributed by atoms with van der Waals surface area (Å²) in [5, 5.41) is 8.82. The number of hydrogen-bond donors (Lipinski definition) is 1. The maximum Gasteiger partial charge on any atom is 0.306 e. The number of ether oxygens (including phenoxy) is 2. The number of rotatable bonds is 10. The van der Waals surface area contributed by atoms with Gasteiger partial charge in [0, 0.05) is 6.42 Å². The van der Waals surface area contributed by atoms with Crippen molar-refractivity contribution in [3.05, 3.63) is 53.2 Å². The van der Waals surface area contributed by atoms with Gasteiger partial charge in [-0.25, -0.2) is 0 Å². The number of esters is 1. The molecule has 0 saturated heterocycles. The minimum atomic E-state index is -0.488. The van der Waals surface area contributed by atoms with Gasteiger partial charge < -0.3 is 19.3 Å². The molecule has 0 aliphatic heterocycles. The highest BCUT2D eigenvalue weighted by molar-refractivity contribution is 7.13. The maximum absolute atomic E-state index is 12.3. The van der Waals surface area contributed by atoms with Crippen LogP contribution in [0.15, 0.2) is 46.3 Å². The molecule has 2 heterocycles. The topological polar surface area (TPSA) is 104 Å². The Morgan fingerprint density at radius 3 is 2.74 bits per heavy atom. The molecule has 1 aliphatic carbocycles.